The Bertz CT molecular complexity index is 572. The van der Waals surface area contributed by atoms with E-state index in [1.165, 1.54) is 0 Å². The first-order valence-corrected chi connectivity index (χ1v) is 6.95. The first-order chi connectivity index (χ1) is 9.76. The zero-order chi connectivity index (χ0) is 14.4. The van der Waals surface area contributed by atoms with Crippen molar-refractivity contribution in [3.8, 4) is 11.5 Å². The van der Waals surface area contributed by atoms with Crippen molar-refractivity contribution in [2.24, 2.45) is 5.73 Å². The summed E-state index contributed by atoms with van der Waals surface area (Å²) in [5, 5.41) is 0.690. The van der Waals surface area contributed by atoms with Gasteiger partial charge >= 0.3 is 0 Å². The van der Waals surface area contributed by atoms with Gasteiger partial charge in [0.2, 0.25) is 0 Å². The second kappa shape index (κ2) is 7.17. The van der Waals surface area contributed by atoms with Crippen molar-refractivity contribution in [1.82, 2.24) is 0 Å². The molecule has 0 heterocycles. The number of para-hydroxylation sites is 1. The van der Waals surface area contributed by atoms with Crippen LogP contribution in [-0.2, 0) is 13.2 Å². The number of nitrogens with two attached hydrogens (primary N) is 1. The average molecular weight is 292 g/mol. The maximum atomic E-state index is 6.13. The minimum absolute atomic E-state index is 0.386. The van der Waals surface area contributed by atoms with E-state index in [-0.39, 0.29) is 0 Å². The van der Waals surface area contributed by atoms with Crippen LogP contribution in [0.1, 0.15) is 18.1 Å². The molecule has 20 heavy (non-hydrogen) atoms. The fraction of sp³-hybridized carbons (Fsp3) is 0.250. The highest BCUT2D eigenvalue weighted by Crippen LogP contribution is 2.32. The fourth-order valence-electron chi connectivity index (χ4n) is 1.92. The predicted octanol–water partition coefficient (Wildman–Crippen LogP) is 3.78. The Balaban J connectivity index is 2.21. The summed E-state index contributed by atoms with van der Waals surface area (Å²) >= 11 is 6.13. The van der Waals surface area contributed by atoms with E-state index in [0.717, 1.165) is 11.1 Å². The molecule has 0 saturated carbocycles. The number of benzene rings is 2. The number of rotatable bonds is 6. The average Bonchev–Trinajstić information content (AvgIpc) is 2.47. The zero-order valence-electron chi connectivity index (χ0n) is 11.4. The minimum atomic E-state index is 0.386. The summed E-state index contributed by atoms with van der Waals surface area (Å²) in [6, 6.07) is 13.3. The topological polar surface area (TPSA) is 44.5 Å². The van der Waals surface area contributed by atoms with E-state index in [1.807, 2.05) is 49.4 Å². The van der Waals surface area contributed by atoms with Crippen molar-refractivity contribution in [1.29, 1.82) is 0 Å². The van der Waals surface area contributed by atoms with Crippen LogP contribution in [0, 0.1) is 0 Å². The molecule has 106 valence electrons. The van der Waals surface area contributed by atoms with Crippen LogP contribution in [0.3, 0.4) is 0 Å². The van der Waals surface area contributed by atoms with E-state index < -0.39 is 0 Å². The lowest BCUT2D eigenvalue weighted by atomic mass is 10.2. The van der Waals surface area contributed by atoms with Gasteiger partial charge in [-0.1, -0.05) is 41.9 Å². The summed E-state index contributed by atoms with van der Waals surface area (Å²) in [5.74, 6) is 1.40. The Hall–Kier alpha value is -1.71. The highest BCUT2D eigenvalue weighted by molar-refractivity contribution is 6.31. The second-order valence-electron chi connectivity index (χ2n) is 4.26. The molecule has 2 rings (SSSR count). The van der Waals surface area contributed by atoms with Crippen LogP contribution in [0.4, 0.5) is 0 Å². The lowest BCUT2D eigenvalue weighted by Crippen LogP contribution is -2.05. The summed E-state index contributed by atoms with van der Waals surface area (Å²) < 4.78 is 11.5. The summed E-state index contributed by atoms with van der Waals surface area (Å²) in [5.41, 5.74) is 7.61. The number of hydrogen-bond acceptors (Lipinski definition) is 3. The van der Waals surface area contributed by atoms with Crippen LogP contribution in [0.15, 0.2) is 42.5 Å². The van der Waals surface area contributed by atoms with Gasteiger partial charge < -0.3 is 15.2 Å². The van der Waals surface area contributed by atoms with Gasteiger partial charge in [0.05, 0.1) is 6.61 Å². The van der Waals surface area contributed by atoms with Gasteiger partial charge in [0.15, 0.2) is 11.5 Å². The molecule has 0 spiro atoms. The molecule has 4 heteroatoms. The van der Waals surface area contributed by atoms with Gasteiger partial charge in [0.25, 0.3) is 0 Å². The molecule has 2 aromatic carbocycles. The monoisotopic (exact) mass is 291 g/mol. The van der Waals surface area contributed by atoms with Gasteiger partial charge in [-0.15, -0.1) is 0 Å². The van der Waals surface area contributed by atoms with Crippen molar-refractivity contribution >= 4 is 11.6 Å². The van der Waals surface area contributed by atoms with E-state index in [1.54, 1.807) is 0 Å². The summed E-state index contributed by atoms with van der Waals surface area (Å²) in [7, 11) is 0. The van der Waals surface area contributed by atoms with Crippen LogP contribution >= 0.6 is 11.6 Å². The maximum Gasteiger partial charge on any atom is 0.166 e. The summed E-state index contributed by atoms with van der Waals surface area (Å²) in [6.45, 7) is 3.30. The molecule has 2 N–H and O–H groups in total. The fourth-order valence-corrected chi connectivity index (χ4v) is 2.11. The lowest BCUT2D eigenvalue weighted by molar-refractivity contribution is 0.267. The van der Waals surface area contributed by atoms with Gasteiger partial charge in [0, 0.05) is 22.7 Å². The molecule has 0 amide bonds. The Morgan fingerprint density at radius 2 is 1.75 bits per heavy atom. The van der Waals surface area contributed by atoms with Crippen LogP contribution in [-0.4, -0.2) is 6.61 Å². The maximum absolute atomic E-state index is 6.13. The molecule has 0 aliphatic rings. The van der Waals surface area contributed by atoms with Crippen LogP contribution in [0.5, 0.6) is 11.5 Å². The van der Waals surface area contributed by atoms with Crippen molar-refractivity contribution < 1.29 is 9.47 Å². The minimum Gasteiger partial charge on any atom is -0.490 e. The van der Waals surface area contributed by atoms with Gasteiger partial charge in [-0.05, 0) is 19.1 Å². The van der Waals surface area contributed by atoms with E-state index in [4.69, 9.17) is 26.8 Å². The quantitative estimate of drug-likeness (QED) is 0.881. The Labute approximate surface area is 124 Å². The normalized spacial score (nSPS) is 10.3. The molecule has 0 radical (unpaired) electrons. The molecule has 0 aliphatic carbocycles. The molecular formula is C16H18ClNO2. The Kier molecular flexibility index (Phi) is 5.27. The van der Waals surface area contributed by atoms with Crippen LogP contribution < -0.4 is 15.2 Å². The molecule has 3 nitrogen and oxygen atoms in total. The molecule has 0 saturated heterocycles. The molecule has 0 bridgehead atoms. The summed E-state index contributed by atoms with van der Waals surface area (Å²) in [6.07, 6.45) is 0. The smallest absolute Gasteiger partial charge is 0.166 e. The van der Waals surface area contributed by atoms with Gasteiger partial charge in [-0.2, -0.15) is 0 Å². The Morgan fingerprint density at radius 1 is 1.00 bits per heavy atom. The van der Waals surface area contributed by atoms with Crippen molar-refractivity contribution in [2.45, 2.75) is 20.1 Å². The lowest BCUT2D eigenvalue weighted by Gasteiger charge is -2.15. The molecule has 2 aromatic rings. The highest BCUT2D eigenvalue weighted by atomic mass is 35.5. The zero-order valence-corrected chi connectivity index (χ0v) is 12.2. The SMILES string of the molecule is CCOc1cccc(CN)c1OCc1ccccc1Cl. The molecule has 0 fully saturated rings. The first kappa shape index (κ1) is 14.7. The number of halogens is 1. The molecule has 0 atom stereocenters. The van der Waals surface area contributed by atoms with E-state index in [2.05, 4.69) is 0 Å². The third-order valence-corrected chi connectivity index (χ3v) is 3.28. The molecule has 0 aliphatic heterocycles. The summed E-state index contributed by atoms with van der Waals surface area (Å²) in [4.78, 5) is 0. The standard InChI is InChI=1S/C16H18ClNO2/c1-2-19-15-9-5-7-12(10-18)16(15)20-11-13-6-3-4-8-14(13)17/h3-9H,2,10-11,18H2,1H3. The molecule has 0 unspecified atom stereocenters. The van der Waals surface area contributed by atoms with Crippen molar-refractivity contribution in [3.63, 3.8) is 0 Å². The van der Waals surface area contributed by atoms with E-state index >= 15 is 0 Å². The largest absolute Gasteiger partial charge is 0.490 e. The van der Waals surface area contributed by atoms with Gasteiger partial charge in [0.1, 0.15) is 6.61 Å². The van der Waals surface area contributed by atoms with Gasteiger partial charge in [-0.3, -0.25) is 0 Å². The van der Waals surface area contributed by atoms with Crippen molar-refractivity contribution in [2.75, 3.05) is 6.61 Å². The number of ether oxygens (including phenoxy) is 2. The van der Waals surface area contributed by atoms with Crippen LogP contribution in [0.2, 0.25) is 5.02 Å². The van der Waals surface area contributed by atoms with E-state index in [9.17, 15) is 0 Å². The second-order valence-corrected chi connectivity index (χ2v) is 4.67. The third kappa shape index (κ3) is 3.44. The third-order valence-electron chi connectivity index (χ3n) is 2.91. The first-order valence-electron chi connectivity index (χ1n) is 6.57. The van der Waals surface area contributed by atoms with Gasteiger partial charge in [-0.25, -0.2) is 0 Å². The van der Waals surface area contributed by atoms with Crippen molar-refractivity contribution in [3.05, 3.63) is 58.6 Å². The highest BCUT2D eigenvalue weighted by Gasteiger charge is 2.11. The van der Waals surface area contributed by atoms with Crippen LogP contribution in [0.25, 0.3) is 0 Å². The predicted molar refractivity (Wildman–Crippen MR) is 81.3 cm³/mol. The van der Waals surface area contributed by atoms with E-state index in [0.29, 0.717) is 36.3 Å². The molecule has 0 aromatic heterocycles. The Morgan fingerprint density at radius 3 is 2.45 bits per heavy atom. The number of hydrogen-bond donors (Lipinski definition) is 1. The molecular weight excluding hydrogens is 274 g/mol.